The highest BCUT2D eigenvalue weighted by atomic mass is 16.5. The topological polar surface area (TPSA) is 72.0 Å². The fraction of sp³-hybridized carbons (Fsp3) is 0.250. The van der Waals surface area contributed by atoms with Crippen LogP contribution in [-0.2, 0) is 13.0 Å². The lowest BCUT2D eigenvalue weighted by Gasteiger charge is -2.10. The number of anilines is 2. The quantitative estimate of drug-likeness (QED) is 0.649. The van der Waals surface area contributed by atoms with E-state index >= 15 is 0 Å². The number of hydrogen-bond acceptors (Lipinski definition) is 6. The van der Waals surface area contributed by atoms with Gasteiger partial charge in [-0.1, -0.05) is 18.2 Å². The molecule has 1 aromatic carbocycles. The van der Waals surface area contributed by atoms with Crippen LogP contribution in [0.2, 0.25) is 0 Å². The molecular formula is C20H23N5O. The molecule has 3 aromatic rings. The molecule has 0 bridgehead atoms. The molecule has 6 nitrogen and oxygen atoms in total. The van der Waals surface area contributed by atoms with Crippen molar-refractivity contribution in [1.29, 1.82) is 0 Å². The summed E-state index contributed by atoms with van der Waals surface area (Å²) in [6.07, 6.45) is 2.67. The molecule has 0 fully saturated rings. The Balaban J connectivity index is 1.54. The van der Waals surface area contributed by atoms with E-state index in [0.717, 1.165) is 35.9 Å². The Kier molecular flexibility index (Phi) is 5.98. The monoisotopic (exact) mass is 349 g/mol. The average Bonchev–Trinajstić information content (AvgIpc) is 2.67. The lowest BCUT2D eigenvalue weighted by molar-refractivity contribution is 0.414. The maximum absolute atomic E-state index is 5.18. The molecule has 0 atom stereocenters. The fourth-order valence-corrected chi connectivity index (χ4v) is 2.53. The molecule has 3 rings (SSSR count). The van der Waals surface area contributed by atoms with Gasteiger partial charge in [-0.2, -0.15) is 4.98 Å². The molecule has 0 spiro atoms. The van der Waals surface area contributed by atoms with Crippen LogP contribution in [0.5, 0.6) is 5.75 Å². The summed E-state index contributed by atoms with van der Waals surface area (Å²) in [6.45, 7) is 3.35. The number of ether oxygens (including phenoxy) is 1. The zero-order chi connectivity index (χ0) is 18.2. The largest absolute Gasteiger partial charge is 0.497 e. The predicted octanol–water partition coefficient (Wildman–Crippen LogP) is 3.46. The van der Waals surface area contributed by atoms with Crippen LogP contribution >= 0.6 is 0 Å². The van der Waals surface area contributed by atoms with Crippen LogP contribution in [-0.4, -0.2) is 28.6 Å². The minimum absolute atomic E-state index is 0.627. The van der Waals surface area contributed by atoms with E-state index in [4.69, 9.17) is 4.74 Å². The number of nitrogens with zero attached hydrogens (tertiary/aromatic N) is 3. The van der Waals surface area contributed by atoms with Gasteiger partial charge in [0.05, 0.1) is 19.3 Å². The van der Waals surface area contributed by atoms with Crippen molar-refractivity contribution >= 4 is 11.8 Å². The molecule has 0 aliphatic carbocycles. The third kappa shape index (κ3) is 5.17. The summed E-state index contributed by atoms with van der Waals surface area (Å²) in [4.78, 5) is 13.3. The highest BCUT2D eigenvalue weighted by Crippen LogP contribution is 2.13. The Morgan fingerprint density at radius 2 is 1.85 bits per heavy atom. The fourth-order valence-electron chi connectivity index (χ4n) is 2.53. The van der Waals surface area contributed by atoms with E-state index in [-0.39, 0.29) is 0 Å². The lowest BCUT2D eigenvalue weighted by Crippen LogP contribution is -2.11. The minimum Gasteiger partial charge on any atom is -0.497 e. The maximum Gasteiger partial charge on any atom is 0.224 e. The van der Waals surface area contributed by atoms with Crippen molar-refractivity contribution in [3.05, 3.63) is 71.7 Å². The number of rotatable bonds is 8. The first-order valence-electron chi connectivity index (χ1n) is 8.59. The Hall–Kier alpha value is -3.15. The Morgan fingerprint density at radius 1 is 1.00 bits per heavy atom. The first kappa shape index (κ1) is 17.7. The highest BCUT2D eigenvalue weighted by Gasteiger charge is 2.03. The van der Waals surface area contributed by atoms with Crippen molar-refractivity contribution in [2.45, 2.75) is 19.9 Å². The first-order valence-corrected chi connectivity index (χ1v) is 8.59. The van der Waals surface area contributed by atoms with Gasteiger partial charge in [-0.25, -0.2) is 4.98 Å². The van der Waals surface area contributed by atoms with Crippen molar-refractivity contribution in [3.63, 3.8) is 0 Å². The SMILES string of the molecule is COc1ccc(CCNc2nc(C)cc(NCc3ccccn3)n2)cc1. The standard InChI is InChI=1S/C20H23N5O/c1-15-13-19(23-14-17-5-3-4-11-21-17)25-20(24-15)22-12-10-16-6-8-18(26-2)9-7-16/h3-9,11,13H,10,12,14H2,1-2H3,(H2,22,23,24,25). The van der Waals surface area contributed by atoms with Gasteiger partial charge in [-0.05, 0) is 43.2 Å². The molecule has 0 aliphatic rings. The maximum atomic E-state index is 5.18. The van der Waals surface area contributed by atoms with Gasteiger partial charge in [0.25, 0.3) is 0 Å². The summed E-state index contributed by atoms with van der Waals surface area (Å²) in [5.41, 5.74) is 3.12. The molecule has 2 heterocycles. The summed E-state index contributed by atoms with van der Waals surface area (Å²) in [5, 5.41) is 6.59. The number of nitrogens with one attached hydrogen (secondary N) is 2. The van der Waals surface area contributed by atoms with Crippen molar-refractivity contribution in [1.82, 2.24) is 15.0 Å². The van der Waals surface area contributed by atoms with Crippen molar-refractivity contribution < 1.29 is 4.74 Å². The molecular weight excluding hydrogens is 326 g/mol. The van der Waals surface area contributed by atoms with Gasteiger partial charge in [0.2, 0.25) is 5.95 Å². The summed E-state index contributed by atoms with van der Waals surface area (Å²) in [6, 6.07) is 15.9. The lowest BCUT2D eigenvalue weighted by atomic mass is 10.1. The molecule has 2 N–H and O–H groups in total. The summed E-state index contributed by atoms with van der Waals surface area (Å²) >= 11 is 0. The predicted molar refractivity (Wildman–Crippen MR) is 104 cm³/mol. The zero-order valence-corrected chi connectivity index (χ0v) is 15.1. The average molecular weight is 349 g/mol. The number of aryl methyl sites for hydroxylation is 1. The van der Waals surface area contributed by atoms with Gasteiger partial charge in [0, 0.05) is 24.5 Å². The van der Waals surface area contributed by atoms with Crippen LogP contribution < -0.4 is 15.4 Å². The normalized spacial score (nSPS) is 10.4. The van der Waals surface area contributed by atoms with E-state index in [1.54, 1.807) is 13.3 Å². The molecule has 26 heavy (non-hydrogen) atoms. The molecule has 0 unspecified atom stereocenters. The van der Waals surface area contributed by atoms with E-state index < -0.39 is 0 Å². The van der Waals surface area contributed by atoms with Gasteiger partial charge in [-0.15, -0.1) is 0 Å². The van der Waals surface area contributed by atoms with Crippen LogP contribution in [0, 0.1) is 6.92 Å². The van der Waals surface area contributed by atoms with E-state index in [9.17, 15) is 0 Å². The van der Waals surface area contributed by atoms with Crippen molar-refractivity contribution in [3.8, 4) is 5.75 Å². The van der Waals surface area contributed by atoms with Crippen molar-refractivity contribution in [2.24, 2.45) is 0 Å². The molecule has 134 valence electrons. The van der Waals surface area contributed by atoms with Crippen LogP contribution in [0.25, 0.3) is 0 Å². The van der Waals surface area contributed by atoms with Gasteiger partial charge in [-0.3, -0.25) is 4.98 Å². The van der Waals surface area contributed by atoms with Gasteiger partial charge in [0.1, 0.15) is 11.6 Å². The second kappa shape index (κ2) is 8.80. The second-order valence-electron chi connectivity index (χ2n) is 5.92. The Morgan fingerprint density at radius 3 is 2.58 bits per heavy atom. The smallest absolute Gasteiger partial charge is 0.224 e. The third-order valence-electron chi connectivity index (χ3n) is 3.89. The Labute approximate surface area is 153 Å². The Bertz CT molecular complexity index is 821. The number of hydrogen-bond donors (Lipinski definition) is 2. The molecule has 0 amide bonds. The van der Waals surface area contributed by atoms with E-state index in [1.807, 2.05) is 43.3 Å². The number of benzene rings is 1. The highest BCUT2D eigenvalue weighted by molar-refractivity contribution is 5.42. The minimum atomic E-state index is 0.627. The van der Waals surface area contributed by atoms with Crippen LogP contribution in [0.15, 0.2) is 54.7 Å². The zero-order valence-electron chi connectivity index (χ0n) is 15.1. The van der Waals surface area contributed by atoms with Gasteiger partial charge < -0.3 is 15.4 Å². The molecule has 0 saturated heterocycles. The molecule has 0 aliphatic heterocycles. The van der Waals surface area contributed by atoms with Crippen LogP contribution in [0.4, 0.5) is 11.8 Å². The summed E-state index contributed by atoms with van der Waals surface area (Å²) < 4.78 is 5.18. The summed E-state index contributed by atoms with van der Waals surface area (Å²) in [7, 11) is 1.67. The van der Waals surface area contributed by atoms with Gasteiger partial charge in [0.15, 0.2) is 0 Å². The molecule has 6 heteroatoms. The van der Waals surface area contributed by atoms with Crippen LogP contribution in [0.1, 0.15) is 17.0 Å². The molecule has 0 radical (unpaired) electrons. The number of methoxy groups -OCH3 is 1. The second-order valence-corrected chi connectivity index (χ2v) is 5.92. The van der Waals surface area contributed by atoms with E-state index in [1.165, 1.54) is 5.56 Å². The molecule has 0 saturated carbocycles. The van der Waals surface area contributed by atoms with E-state index in [2.05, 4.69) is 37.7 Å². The van der Waals surface area contributed by atoms with Crippen LogP contribution in [0.3, 0.4) is 0 Å². The number of aromatic nitrogens is 3. The van der Waals surface area contributed by atoms with Gasteiger partial charge >= 0.3 is 0 Å². The van der Waals surface area contributed by atoms with Crippen molar-refractivity contribution in [2.75, 3.05) is 24.3 Å². The first-order chi connectivity index (χ1) is 12.7. The van der Waals surface area contributed by atoms with E-state index in [0.29, 0.717) is 12.5 Å². The molecule has 2 aromatic heterocycles. The third-order valence-corrected chi connectivity index (χ3v) is 3.89. The summed E-state index contributed by atoms with van der Waals surface area (Å²) in [5.74, 6) is 2.28. The number of pyridine rings is 1.